The van der Waals surface area contributed by atoms with Gasteiger partial charge in [0.1, 0.15) is 0 Å². The second-order valence-electron chi connectivity index (χ2n) is 6.38. The summed E-state index contributed by atoms with van der Waals surface area (Å²) in [5.41, 5.74) is 2.12. The van der Waals surface area contributed by atoms with Crippen LogP contribution in [-0.2, 0) is 16.0 Å². The Balaban J connectivity index is 1.68. The molecule has 22 heavy (non-hydrogen) atoms. The molecule has 1 aromatic carbocycles. The first-order chi connectivity index (χ1) is 10.7. The Labute approximate surface area is 131 Å². The number of nitrogens with one attached hydrogen (secondary N) is 1. The molecule has 1 aliphatic heterocycles. The molecule has 1 N–H and O–H groups in total. The molecule has 0 radical (unpaired) electrons. The van der Waals surface area contributed by atoms with Gasteiger partial charge in [0.2, 0.25) is 11.8 Å². The van der Waals surface area contributed by atoms with E-state index in [9.17, 15) is 9.59 Å². The van der Waals surface area contributed by atoms with E-state index in [1.165, 1.54) is 12.8 Å². The van der Waals surface area contributed by atoms with Gasteiger partial charge in [-0.15, -0.1) is 0 Å². The summed E-state index contributed by atoms with van der Waals surface area (Å²) in [4.78, 5) is 26.5. The standard InChI is InChI=1S/C18H24N2O2/c1-2-13-7-3-6-10-16(13)20-12-14(11-17(20)21)18(22)19-15-8-4-5-9-15/h3,6-7,10,14-15H,2,4-5,8-9,11-12H2,1H3,(H,19,22). The molecule has 1 aromatic rings. The van der Waals surface area contributed by atoms with Gasteiger partial charge in [0.15, 0.2) is 0 Å². The number of rotatable bonds is 4. The van der Waals surface area contributed by atoms with Crippen LogP contribution in [0.1, 0.15) is 44.6 Å². The molecule has 1 heterocycles. The predicted octanol–water partition coefficient (Wildman–Crippen LogP) is 2.66. The van der Waals surface area contributed by atoms with Gasteiger partial charge in [-0.05, 0) is 30.9 Å². The topological polar surface area (TPSA) is 49.4 Å². The van der Waals surface area contributed by atoms with Gasteiger partial charge < -0.3 is 10.2 Å². The summed E-state index contributed by atoms with van der Waals surface area (Å²) in [5, 5.41) is 3.12. The molecule has 0 bridgehead atoms. The third-order valence-corrected chi connectivity index (χ3v) is 4.86. The molecule has 2 amide bonds. The predicted molar refractivity (Wildman–Crippen MR) is 86.7 cm³/mol. The van der Waals surface area contributed by atoms with E-state index in [0.29, 0.717) is 19.0 Å². The monoisotopic (exact) mass is 300 g/mol. The van der Waals surface area contributed by atoms with Gasteiger partial charge in [-0.3, -0.25) is 9.59 Å². The normalized spacial score (nSPS) is 22.3. The number of hydrogen-bond acceptors (Lipinski definition) is 2. The lowest BCUT2D eigenvalue weighted by Gasteiger charge is -2.20. The van der Waals surface area contributed by atoms with Crippen molar-refractivity contribution in [3.8, 4) is 0 Å². The van der Waals surface area contributed by atoms with E-state index in [-0.39, 0.29) is 17.7 Å². The Morgan fingerprint density at radius 2 is 2.00 bits per heavy atom. The second kappa shape index (κ2) is 6.51. The summed E-state index contributed by atoms with van der Waals surface area (Å²) in [6.07, 6.45) is 5.77. The van der Waals surface area contributed by atoms with Crippen LogP contribution in [0.3, 0.4) is 0 Å². The molecule has 0 aromatic heterocycles. The Morgan fingerprint density at radius 3 is 2.73 bits per heavy atom. The lowest BCUT2D eigenvalue weighted by atomic mass is 10.1. The van der Waals surface area contributed by atoms with Crippen LogP contribution >= 0.6 is 0 Å². The highest BCUT2D eigenvalue weighted by Gasteiger charge is 2.36. The van der Waals surface area contributed by atoms with Crippen LogP contribution in [0.4, 0.5) is 5.69 Å². The molecule has 4 nitrogen and oxygen atoms in total. The fourth-order valence-electron chi connectivity index (χ4n) is 3.58. The van der Waals surface area contributed by atoms with Crippen LogP contribution in [0.25, 0.3) is 0 Å². The van der Waals surface area contributed by atoms with Crippen LogP contribution in [0, 0.1) is 5.92 Å². The van der Waals surface area contributed by atoms with Crippen molar-refractivity contribution in [2.45, 2.75) is 51.5 Å². The smallest absolute Gasteiger partial charge is 0.227 e. The van der Waals surface area contributed by atoms with Crippen molar-refractivity contribution in [1.29, 1.82) is 0 Å². The van der Waals surface area contributed by atoms with Gasteiger partial charge in [0.25, 0.3) is 0 Å². The second-order valence-corrected chi connectivity index (χ2v) is 6.38. The average molecular weight is 300 g/mol. The third-order valence-electron chi connectivity index (χ3n) is 4.86. The zero-order chi connectivity index (χ0) is 15.5. The lowest BCUT2D eigenvalue weighted by molar-refractivity contribution is -0.126. The fraction of sp³-hybridized carbons (Fsp3) is 0.556. The maximum absolute atomic E-state index is 12.4. The van der Waals surface area contributed by atoms with E-state index in [2.05, 4.69) is 18.3 Å². The van der Waals surface area contributed by atoms with Crippen LogP contribution in [0.2, 0.25) is 0 Å². The molecule has 2 fully saturated rings. The SMILES string of the molecule is CCc1ccccc1N1CC(C(=O)NC2CCCC2)CC1=O. The molecule has 1 unspecified atom stereocenters. The first-order valence-electron chi connectivity index (χ1n) is 8.37. The van der Waals surface area contributed by atoms with Crippen LogP contribution < -0.4 is 10.2 Å². The van der Waals surface area contributed by atoms with Gasteiger partial charge in [-0.2, -0.15) is 0 Å². The highest BCUT2D eigenvalue weighted by Crippen LogP contribution is 2.29. The van der Waals surface area contributed by atoms with Crippen molar-refractivity contribution in [2.24, 2.45) is 5.92 Å². The van der Waals surface area contributed by atoms with Crippen molar-refractivity contribution in [3.63, 3.8) is 0 Å². The number of aryl methyl sites for hydroxylation is 1. The molecule has 118 valence electrons. The number of carbonyl (C=O) groups excluding carboxylic acids is 2. The molecular formula is C18H24N2O2. The van der Waals surface area contributed by atoms with E-state index in [1.807, 2.05) is 18.2 Å². The van der Waals surface area contributed by atoms with Gasteiger partial charge in [-0.1, -0.05) is 38.0 Å². The van der Waals surface area contributed by atoms with E-state index >= 15 is 0 Å². The minimum Gasteiger partial charge on any atom is -0.353 e. The first kappa shape index (κ1) is 15.1. The third kappa shape index (κ3) is 3.01. The van der Waals surface area contributed by atoms with Crippen molar-refractivity contribution >= 4 is 17.5 Å². The van der Waals surface area contributed by atoms with Crippen LogP contribution in [-0.4, -0.2) is 24.4 Å². The summed E-state index contributed by atoms with van der Waals surface area (Å²) in [6, 6.07) is 8.29. The molecule has 0 spiro atoms. The molecule has 1 aliphatic carbocycles. The van der Waals surface area contributed by atoms with Crippen molar-refractivity contribution in [3.05, 3.63) is 29.8 Å². The lowest BCUT2D eigenvalue weighted by Crippen LogP contribution is -2.38. The van der Waals surface area contributed by atoms with Gasteiger partial charge in [0.05, 0.1) is 5.92 Å². The van der Waals surface area contributed by atoms with Gasteiger partial charge in [0, 0.05) is 24.7 Å². The number of hydrogen-bond donors (Lipinski definition) is 1. The quantitative estimate of drug-likeness (QED) is 0.929. The number of benzene rings is 1. The Morgan fingerprint density at radius 1 is 1.27 bits per heavy atom. The molecule has 1 saturated heterocycles. The van der Waals surface area contributed by atoms with Gasteiger partial charge >= 0.3 is 0 Å². The summed E-state index contributed by atoms with van der Waals surface area (Å²) in [7, 11) is 0. The van der Waals surface area contributed by atoms with Crippen LogP contribution in [0.5, 0.6) is 0 Å². The number of carbonyl (C=O) groups is 2. The van der Waals surface area contributed by atoms with E-state index in [1.54, 1.807) is 4.90 Å². The number of amides is 2. The molecular weight excluding hydrogens is 276 g/mol. The zero-order valence-electron chi connectivity index (χ0n) is 13.2. The first-order valence-corrected chi connectivity index (χ1v) is 8.37. The molecule has 3 rings (SSSR count). The average Bonchev–Trinajstić information content (AvgIpc) is 3.16. The van der Waals surface area contributed by atoms with E-state index < -0.39 is 0 Å². The van der Waals surface area contributed by atoms with Crippen molar-refractivity contribution in [2.75, 3.05) is 11.4 Å². The molecule has 1 saturated carbocycles. The molecule has 1 atom stereocenters. The highest BCUT2D eigenvalue weighted by atomic mass is 16.2. The number of anilines is 1. The summed E-state index contributed by atoms with van der Waals surface area (Å²) < 4.78 is 0. The molecule has 4 heteroatoms. The maximum Gasteiger partial charge on any atom is 0.227 e. The van der Waals surface area contributed by atoms with Gasteiger partial charge in [-0.25, -0.2) is 0 Å². The maximum atomic E-state index is 12.4. The number of nitrogens with zero attached hydrogens (tertiary/aromatic N) is 1. The minimum atomic E-state index is -0.210. The largest absolute Gasteiger partial charge is 0.353 e. The summed E-state index contributed by atoms with van der Waals surface area (Å²) in [6.45, 7) is 2.60. The van der Waals surface area contributed by atoms with Crippen molar-refractivity contribution < 1.29 is 9.59 Å². The zero-order valence-corrected chi connectivity index (χ0v) is 13.2. The van der Waals surface area contributed by atoms with E-state index in [0.717, 1.165) is 30.5 Å². The Bertz CT molecular complexity index is 564. The number of para-hydroxylation sites is 1. The van der Waals surface area contributed by atoms with E-state index in [4.69, 9.17) is 0 Å². The summed E-state index contributed by atoms with van der Waals surface area (Å²) >= 11 is 0. The Hall–Kier alpha value is -1.84. The highest BCUT2D eigenvalue weighted by molar-refractivity contribution is 6.00. The molecule has 2 aliphatic rings. The minimum absolute atomic E-state index is 0.0525. The Kier molecular flexibility index (Phi) is 4.46. The van der Waals surface area contributed by atoms with Crippen molar-refractivity contribution in [1.82, 2.24) is 5.32 Å². The fourth-order valence-corrected chi connectivity index (χ4v) is 3.58. The van der Waals surface area contributed by atoms with Crippen LogP contribution in [0.15, 0.2) is 24.3 Å². The summed E-state index contributed by atoms with van der Waals surface area (Å²) in [5.74, 6) is -0.0952.